The van der Waals surface area contributed by atoms with Crippen molar-refractivity contribution >= 4 is 22.7 Å². The Morgan fingerprint density at radius 2 is 1.89 bits per heavy atom. The van der Waals surface area contributed by atoms with Gasteiger partial charge in [-0.25, -0.2) is 19.2 Å². The summed E-state index contributed by atoms with van der Waals surface area (Å²) in [6.45, 7) is 4.94. The Bertz CT molecular complexity index is 1420. The normalized spacial score (nSPS) is 11.0. The van der Waals surface area contributed by atoms with Crippen LogP contribution in [0.4, 0.5) is 10.2 Å². The molecule has 0 aliphatic carbocycles. The molecule has 0 unspecified atom stereocenters. The Kier molecular flexibility index (Phi) is 7.38. The molecule has 0 fully saturated rings. The van der Waals surface area contributed by atoms with Crippen LogP contribution in [0.15, 0.2) is 42.7 Å². The topological polar surface area (TPSA) is 98.5 Å². The third-order valence-corrected chi connectivity index (χ3v) is 6.14. The molecule has 2 N–H and O–H groups in total. The van der Waals surface area contributed by atoms with Gasteiger partial charge >= 0.3 is 5.97 Å². The Balaban J connectivity index is 1.58. The number of benzene rings is 2. The molecule has 36 heavy (non-hydrogen) atoms. The minimum Gasteiger partial charge on any atom is -0.496 e. The van der Waals surface area contributed by atoms with Gasteiger partial charge in [-0.3, -0.25) is 0 Å². The predicted octanol–water partition coefficient (Wildman–Crippen LogP) is 5.33. The fraction of sp³-hybridized carbons (Fsp3) is 0.296. The molecular formula is C27H29FN4O4. The number of methoxy groups -OCH3 is 2. The third-order valence-electron chi connectivity index (χ3n) is 6.14. The lowest BCUT2D eigenvalue weighted by Crippen LogP contribution is -2.13. The second-order valence-corrected chi connectivity index (χ2v) is 8.43. The highest BCUT2D eigenvalue weighted by Crippen LogP contribution is 2.32. The van der Waals surface area contributed by atoms with Crippen molar-refractivity contribution in [1.82, 2.24) is 14.5 Å². The number of hydrogen-bond donors (Lipinski definition) is 2. The van der Waals surface area contributed by atoms with E-state index in [1.165, 1.54) is 19.5 Å². The van der Waals surface area contributed by atoms with E-state index in [0.29, 0.717) is 53.6 Å². The summed E-state index contributed by atoms with van der Waals surface area (Å²) in [4.78, 5) is 20.5. The first-order valence-electron chi connectivity index (χ1n) is 11.7. The number of halogens is 1. The van der Waals surface area contributed by atoms with Gasteiger partial charge < -0.3 is 24.5 Å². The number of anilines is 1. The lowest BCUT2D eigenvalue weighted by Gasteiger charge is -2.14. The van der Waals surface area contributed by atoms with Crippen molar-refractivity contribution in [3.8, 4) is 22.8 Å². The van der Waals surface area contributed by atoms with Crippen LogP contribution in [0.5, 0.6) is 11.5 Å². The number of ether oxygens (including phenoxy) is 2. The van der Waals surface area contributed by atoms with E-state index >= 15 is 0 Å². The van der Waals surface area contributed by atoms with Crippen LogP contribution in [0.1, 0.15) is 35.0 Å². The monoisotopic (exact) mass is 492 g/mol. The highest BCUT2D eigenvalue weighted by Gasteiger charge is 2.19. The number of carboxylic acids is 1. The molecule has 0 saturated heterocycles. The maximum atomic E-state index is 14.6. The largest absolute Gasteiger partial charge is 0.496 e. The van der Waals surface area contributed by atoms with Crippen molar-refractivity contribution in [2.45, 2.75) is 33.2 Å². The minimum atomic E-state index is -1.02. The minimum absolute atomic E-state index is 0.175. The fourth-order valence-electron chi connectivity index (χ4n) is 4.50. The zero-order valence-electron chi connectivity index (χ0n) is 20.8. The SMILES string of the molecule is CCCc1cc(-c2cc(NCCn3c(C)cc4c(OC)ccc(F)c43)ncn2)cc(OC)c1C(=O)O. The van der Waals surface area contributed by atoms with Gasteiger partial charge in [0.1, 0.15) is 35.0 Å². The third kappa shape index (κ3) is 4.82. The van der Waals surface area contributed by atoms with Gasteiger partial charge in [-0.15, -0.1) is 0 Å². The number of aromatic nitrogens is 3. The number of rotatable bonds is 10. The molecule has 0 spiro atoms. The quantitative estimate of drug-likeness (QED) is 0.309. The zero-order chi connectivity index (χ0) is 25.8. The van der Waals surface area contributed by atoms with Gasteiger partial charge in [0.05, 0.1) is 25.4 Å². The molecule has 0 amide bonds. The molecule has 0 aliphatic heterocycles. The van der Waals surface area contributed by atoms with E-state index in [2.05, 4.69) is 15.3 Å². The second kappa shape index (κ2) is 10.6. The smallest absolute Gasteiger partial charge is 0.339 e. The molecule has 9 heteroatoms. The van der Waals surface area contributed by atoms with Crippen LogP contribution < -0.4 is 14.8 Å². The summed E-state index contributed by atoms with van der Waals surface area (Å²) in [6.07, 6.45) is 2.85. The molecule has 188 valence electrons. The molecule has 2 aromatic carbocycles. The summed E-state index contributed by atoms with van der Waals surface area (Å²) in [5.74, 6) is 0.210. The number of hydrogen-bond acceptors (Lipinski definition) is 6. The van der Waals surface area contributed by atoms with Gasteiger partial charge in [0, 0.05) is 35.8 Å². The number of aryl methyl sites for hydroxylation is 2. The van der Waals surface area contributed by atoms with Crippen LogP contribution >= 0.6 is 0 Å². The maximum Gasteiger partial charge on any atom is 0.339 e. The van der Waals surface area contributed by atoms with Gasteiger partial charge in [0.25, 0.3) is 0 Å². The van der Waals surface area contributed by atoms with E-state index in [4.69, 9.17) is 9.47 Å². The van der Waals surface area contributed by atoms with Crippen LogP contribution in [0.2, 0.25) is 0 Å². The molecule has 0 radical (unpaired) electrons. The molecule has 4 rings (SSSR count). The number of carbonyl (C=O) groups is 1. The van der Waals surface area contributed by atoms with Gasteiger partial charge in [-0.2, -0.15) is 0 Å². The van der Waals surface area contributed by atoms with Gasteiger partial charge in [-0.05, 0) is 49.2 Å². The Labute approximate surface area is 208 Å². The van der Waals surface area contributed by atoms with E-state index < -0.39 is 5.97 Å². The van der Waals surface area contributed by atoms with E-state index in [1.807, 2.05) is 30.5 Å². The predicted molar refractivity (Wildman–Crippen MR) is 137 cm³/mol. The zero-order valence-corrected chi connectivity index (χ0v) is 20.8. The number of nitrogens with one attached hydrogen (secondary N) is 1. The van der Waals surface area contributed by atoms with Crippen molar-refractivity contribution in [2.75, 3.05) is 26.1 Å². The molecule has 8 nitrogen and oxygen atoms in total. The first kappa shape index (κ1) is 25.0. The van der Waals surface area contributed by atoms with Crippen LogP contribution in [-0.4, -0.2) is 46.4 Å². The number of aromatic carboxylic acids is 1. The Morgan fingerprint density at radius 1 is 1.11 bits per heavy atom. The average molecular weight is 493 g/mol. The fourth-order valence-corrected chi connectivity index (χ4v) is 4.50. The lowest BCUT2D eigenvalue weighted by molar-refractivity contribution is 0.0692. The highest BCUT2D eigenvalue weighted by molar-refractivity contribution is 5.94. The molecule has 0 saturated carbocycles. The van der Waals surface area contributed by atoms with Crippen LogP contribution in [0, 0.1) is 12.7 Å². The molecule has 0 atom stereocenters. The number of carboxylic acid groups (broad SMARTS) is 1. The van der Waals surface area contributed by atoms with E-state index in [1.54, 1.807) is 25.3 Å². The standard InChI is InChI=1S/C27H29FN4O4/c1-5-6-17-12-18(13-23(36-4)25(17)27(33)34)21-14-24(31-15-30-21)29-9-10-32-16(2)11-19-22(35-3)8-7-20(28)26(19)32/h7-8,11-15H,5-6,9-10H2,1-4H3,(H,33,34)(H,29,30,31). The molecule has 2 heterocycles. The second-order valence-electron chi connectivity index (χ2n) is 8.43. The van der Waals surface area contributed by atoms with Gasteiger partial charge in [0.2, 0.25) is 0 Å². The van der Waals surface area contributed by atoms with Crippen molar-refractivity contribution in [2.24, 2.45) is 0 Å². The highest BCUT2D eigenvalue weighted by atomic mass is 19.1. The number of nitrogens with zero attached hydrogens (tertiary/aromatic N) is 3. The first-order valence-corrected chi connectivity index (χ1v) is 11.7. The average Bonchev–Trinajstić information content (AvgIpc) is 3.20. The summed E-state index contributed by atoms with van der Waals surface area (Å²) in [5, 5.41) is 13.7. The molecule has 0 aliphatic rings. The molecule has 2 aromatic heterocycles. The number of fused-ring (bicyclic) bond motifs is 1. The molecular weight excluding hydrogens is 463 g/mol. The molecule has 4 aromatic rings. The molecule has 0 bridgehead atoms. The van der Waals surface area contributed by atoms with Crippen LogP contribution in [0.25, 0.3) is 22.2 Å². The van der Waals surface area contributed by atoms with Crippen LogP contribution in [-0.2, 0) is 13.0 Å². The lowest BCUT2D eigenvalue weighted by atomic mass is 9.97. The van der Waals surface area contributed by atoms with E-state index in [-0.39, 0.29) is 11.4 Å². The van der Waals surface area contributed by atoms with Crippen LogP contribution in [0.3, 0.4) is 0 Å². The van der Waals surface area contributed by atoms with Crippen molar-refractivity contribution in [3.05, 3.63) is 65.4 Å². The summed E-state index contributed by atoms with van der Waals surface area (Å²) in [7, 11) is 3.03. The van der Waals surface area contributed by atoms with Crippen molar-refractivity contribution < 1.29 is 23.8 Å². The Hall–Kier alpha value is -4.14. The summed E-state index contributed by atoms with van der Waals surface area (Å²) in [6, 6.07) is 10.3. The van der Waals surface area contributed by atoms with Crippen molar-refractivity contribution in [1.29, 1.82) is 0 Å². The van der Waals surface area contributed by atoms with Crippen molar-refractivity contribution in [3.63, 3.8) is 0 Å². The van der Waals surface area contributed by atoms with E-state index in [0.717, 1.165) is 23.1 Å². The first-order chi connectivity index (χ1) is 17.4. The summed E-state index contributed by atoms with van der Waals surface area (Å²) >= 11 is 0. The summed E-state index contributed by atoms with van der Waals surface area (Å²) < 4.78 is 27.3. The maximum absolute atomic E-state index is 14.6. The van der Waals surface area contributed by atoms with E-state index in [9.17, 15) is 14.3 Å². The van der Waals surface area contributed by atoms with Gasteiger partial charge in [0.15, 0.2) is 0 Å². The van der Waals surface area contributed by atoms with Gasteiger partial charge in [-0.1, -0.05) is 13.3 Å². The Morgan fingerprint density at radius 3 is 2.58 bits per heavy atom. The summed E-state index contributed by atoms with van der Waals surface area (Å²) in [5.41, 5.74) is 3.68.